The number of hydrogen-bond donors (Lipinski definition) is 5. The number of aliphatic hydroxyl groups is 3. The maximum Gasteiger partial charge on any atom is 0.222 e. The Bertz CT molecular complexity index is 1830. The van der Waals surface area contributed by atoms with Gasteiger partial charge in [-0.1, -0.05) is 110 Å². The molecule has 0 radical (unpaired) electrons. The van der Waals surface area contributed by atoms with E-state index >= 15 is 0 Å². The van der Waals surface area contributed by atoms with E-state index in [-0.39, 0.29) is 40.2 Å². The molecule has 3 heterocycles. The number of anilines is 2. The molecule has 0 saturated carbocycles. The third-order valence-corrected chi connectivity index (χ3v) is 9.90. The van der Waals surface area contributed by atoms with Crippen LogP contribution in [0.4, 0.5) is 27.1 Å². The number of rotatable bonds is 6. The minimum Gasteiger partial charge on any atom is -0.392 e. The molecule has 10 heteroatoms. The first-order valence-corrected chi connectivity index (χ1v) is 20.8. The lowest BCUT2D eigenvalue weighted by atomic mass is 9.87. The van der Waals surface area contributed by atoms with Crippen molar-refractivity contribution in [3.05, 3.63) is 106 Å². The van der Waals surface area contributed by atoms with E-state index in [1.807, 2.05) is 12.1 Å². The standard InChI is InChI=1S/C16H22N2O.C16H26N2O.C12H14FN.C4H9NO/c1-16(2,3)10-12-5-6-15(14(9-12)17-4)18-8-7-13(19)11-18;1-16(2,3)9-12-4-5-15(13(8-12)10-17)18-7-6-14(19)11-18;1-12(2,3)8-9-5-6-10(13)11(7-9)14-4;6-4-1-2-5-3-4/h5-6,9,13,19H,7-8,10-11H2,1-3H3;4-5,8,14,19H,6-7,9-11,17H2,1-3H3;5-7H,8H2,1-3H3;4-6H,1-3H2. The lowest BCUT2D eigenvalue weighted by molar-refractivity contribution is 0.196. The van der Waals surface area contributed by atoms with Crippen LogP contribution < -0.4 is 20.9 Å². The van der Waals surface area contributed by atoms with Gasteiger partial charge in [0.15, 0.2) is 0 Å². The van der Waals surface area contributed by atoms with Crippen LogP contribution in [0.15, 0.2) is 54.6 Å². The van der Waals surface area contributed by atoms with E-state index in [1.165, 1.54) is 28.4 Å². The first-order chi connectivity index (χ1) is 27.1. The first-order valence-electron chi connectivity index (χ1n) is 20.8. The number of benzene rings is 3. The van der Waals surface area contributed by atoms with Crippen molar-refractivity contribution in [1.82, 2.24) is 5.32 Å². The molecule has 3 fully saturated rings. The van der Waals surface area contributed by atoms with Gasteiger partial charge in [-0.3, -0.25) is 0 Å². The van der Waals surface area contributed by atoms with E-state index in [0.29, 0.717) is 18.8 Å². The van der Waals surface area contributed by atoms with Crippen molar-refractivity contribution < 1.29 is 19.7 Å². The Labute approximate surface area is 349 Å². The Balaban J connectivity index is 0.000000219. The number of nitrogens with one attached hydrogen (secondary N) is 1. The molecule has 318 valence electrons. The largest absolute Gasteiger partial charge is 0.392 e. The molecule has 9 nitrogen and oxygen atoms in total. The lowest BCUT2D eigenvalue weighted by Crippen LogP contribution is -2.23. The summed E-state index contributed by atoms with van der Waals surface area (Å²) in [7, 11) is 0. The van der Waals surface area contributed by atoms with Crippen molar-refractivity contribution in [2.75, 3.05) is 49.1 Å². The van der Waals surface area contributed by atoms with Gasteiger partial charge in [-0.15, -0.1) is 0 Å². The maximum absolute atomic E-state index is 13.0. The van der Waals surface area contributed by atoms with E-state index in [4.69, 9.17) is 24.0 Å². The average molecular weight is 799 g/mol. The molecule has 0 aromatic heterocycles. The summed E-state index contributed by atoms with van der Waals surface area (Å²) >= 11 is 0. The van der Waals surface area contributed by atoms with E-state index in [2.05, 4.69) is 111 Å². The second-order valence-corrected chi connectivity index (χ2v) is 19.6. The second-order valence-electron chi connectivity index (χ2n) is 19.6. The summed E-state index contributed by atoms with van der Waals surface area (Å²) in [4.78, 5) is 11.1. The summed E-state index contributed by atoms with van der Waals surface area (Å²) in [5.41, 5.74) is 14.3. The topological polar surface area (TPSA) is 114 Å². The zero-order chi connectivity index (χ0) is 43.3. The van der Waals surface area contributed by atoms with Crippen molar-refractivity contribution in [2.45, 2.75) is 126 Å². The molecule has 3 aromatic carbocycles. The molecule has 0 amide bonds. The predicted molar refractivity (Wildman–Crippen MR) is 238 cm³/mol. The van der Waals surface area contributed by atoms with Crippen molar-refractivity contribution in [2.24, 2.45) is 22.0 Å². The number of halogens is 1. The SMILES string of the molecule is CC(C)(C)Cc1ccc(N2CCC(O)C2)c(CN)c1.OC1CCNC1.[C-]#[N+]c1cc(CC(C)(C)C)ccc1F.[C-]#[N+]c1cc(CC(C)(C)C)ccc1N1CCC(O)C1. The Morgan fingerprint density at radius 1 is 0.655 bits per heavy atom. The monoisotopic (exact) mass is 799 g/mol. The van der Waals surface area contributed by atoms with Gasteiger partial charge < -0.3 is 36.2 Å². The normalized spacial score (nSPS) is 19.2. The third-order valence-electron chi connectivity index (χ3n) is 9.90. The summed E-state index contributed by atoms with van der Waals surface area (Å²) in [5.74, 6) is -0.433. The molecule has 0 aliphatic carbocycles. The zero-order valence-corrected chi connectivity index (χ0v) is 36.7. The van der Waals surface area contributed by atoms with E-state index < -0.39 is 5.82 Å². The van der Waals surface area contributed by atoms with E-state index in [0.717, 1.165) is 82.5 Å². The van der Waals surface area contributed by atoms with Crippen LogP contribution in [0.2, 0.25) is 0 Å². The molecule has 6 N–H and O–H groups in total. The molecular formula is C48H71FN6O3. The molecular weight excluding hydrogens is 728 g/mol. The number of nitrogens with two attached hydrogens (primary N) is 1. The maximum atomic E-state index is 13.0. The number of hydrogen-bond acceptors (Lipinski definition) is 7. The highest BCUT2D eigenvalue weighted by Gasteiger charge is 2.24. The van der Waals surface area contributed by atoms with Gasteiger partial charge in [-0.05, 0) is 90.6 Å². The van der Waals surface area contributed by atoms with Gasteiger partial charge in [0, 0.05) is 50.6 Å². The molecule has 3 saturated heterocycles. The Morgan fingerprint density at radius 2 is 1.10 bits per heavy atom. The first kappa shape index (κ1) is 48.3. The summed E-state index contributed by atoms with van der Waals surface area (Å²) < 4.78 is 13.0. The van der Waals surface area contributed by atoms with E-state index in [1.54, 1.807) is 12.1 Å². The van der Waals surface area contributed by atoms with Gasteiger partial charge in [-0.2, -0.15) is 0 Å². The smallest absolute Gasteiger partial charge is 0.222 e. The van der Waals surface area contributed by atoms with Gasteiger partial charge in [0.05, 0.1) is 31.5 Å². The Morgan fingerprint density at radius 3 is 1.48 bits per heavy atom. The summed E-state index contributed by atoms with van der Waals surface area (Å²) in [6.07, 6.45) is 4.95. The van der Waals surface area contributed by atoms with Crippen LogP contribution in [0.25, 0.3) is 9.69 Å². The van der Waals surface area contributed by atoms with Gasteiger partial charge in [-0.25, -0.2) is 14.1 Å². The summed E-state index contributed by atoms with van der Waals surface area (Å²) in [6, 6.07) is 17.5. The highest BCUT2D eigenvalue weighted by Crippen LogP contribution is 2.34. The molecule has 6 rings (SSSR count). The molecule has 58 heavy (non-hydrogen) atoms. The minimum absolute atomic E-state index is 0.0648. The number of aliphatic hydroxyl groups excluding tert-OH is 3. The zero-order valence-electron chi connectivity index (χ0n) is 36.7. The van der Waals surface area contributed by atoms with Crippen LogP contribution >= 0.6 is 0 Å². The van der Waals surface area contributed by atoms with Gasteiger partial charge >= 0.3 is 0 Å². The van der Waals surface area contributed by atoms with Crippen LogP contribution in [0.1, 0.15) is 104 Å². The van der Waals surface area contributed by atoms with Crippen LogP contribution in [0.5, 0.6) is 0 Å². The average Bonchev–Trinajstić information content (AvgIpc) is 3.90. The third kappa shape index (κ3) is 17.1. The molecule has 3 unspecified atom stereocenters. The van der Waals surface area contributed by atoms with Crippen LogP contribution in [-0.2, 0) is 25.8 Å². The number of β-amino-alcohol motifs (C(OH)–C–C–N with tert-alkyl or cyclic N) is 3. The second kappa shape index (κ2) is 21.8. The van der Waals surface area contributed by atoms with Crippen molar-refractivity contribution in [3.8, 4) is 0 Å². The fourth-order valence-electron chi connectivity index (χ4n) is 7.41. The van der Waals surface area contributed by atoms with Crippen molar-refractivity contribution in [3.63, 3.8) is 0 Å². The molecule has 3 aliphatic heterocycles. The van der Waals surface area contributed by atoms with Crippen LogP contribution in [-0.4, -0.2) is 72.9 Å². The highest BCUT2D eigenvalue weighted by atomic mass is 19.1. The molecule has 3 aromatic rings. The minimum atomic E-state index is -0.433. The Hall–Kier alpha value is -4.03. The molecule has 0 bridgehead atoms. The van der Waals surface area contributed by atoms with Gasteiger partial charge in [0.2, 0.25) is 11.4 Å². The predicted octanol–water partition coefficient (Wildman–Crippen LogP) is 9.01. The van der Waals surface area contributed by atoms with E-state index in [9.17, 15) is 14.6 Å². The summed E-state index contributed by atoms with van der Waals surface area (Å²) in [5, 5.41) is 31.0. The summed E-state index contributed by atoms with van der Waals surface area (Å²) in [6.45, 7) is 39.3. The number of nitrogens with zero attached hydrogens (tertiary/aromatic N) is 4. The Kier molecular flexibility index (Phi) is 18.2. The quantitative estimate of drug-likeness (QED) is 0.158. The molecule has 3 atom stereocenters. The van der Waals surface area contributed by atoms with Gasteiger partial charge in [0.25, 0.3) is 0 Å². The highest BCUT2D eigenvalue weighted by molar-refractivity contribution is 5.72. The molecule has 3 aliphatic rings. The fourth-order valence-corrected chi connectivity index (χ4v) is 7.41. The van der Waals surface area contributed by atoms with Crippen molar-refractivity contribution in [1.29, 1.82) is 0 Å². The van der Waals surface area contributed by atoms with Gasteiger partial charge in [0.1, 0.15) is 5.82 Å². The lowest BCUT2D eigenvalue weighted by Gasteiger charge is -2.23. The fraction of sp³-hybridized carbons (Fsp3) is 0.583. The van der Waals surface area contributed by atoms with Crippen LogP contribution in [0.3, 0.4) is 0 Å². The van der Waals surface area contributed by atoms with Crippen LogP contribution in [0, 0.1) is 35.2 Å². The molecule has 0 spiro atoms. The van der Waals surface area contributed by atoms with Crippen molar-refractivity contribution >= 4 is 22.7 Å².